The van der Waals surface area contributed by atoms with Gasteiger partial charge in [0.15, 0.2) is 5.79 Å². The molecular formula is C53H107NO6. The number of rotatable bonds is 43. The van der Waals surface area contributed by atoms with Gasteiger partial charge in [-0.25, -0.2) is 0 Å². The summed E-state index contributed by atoms with van der Waals surface area (Å²) in [6, 6.07) is 0. The maximum Gasteiger partial charge on any atom is 0.168 e. The Labute approximate surface area is 375 Å². The van der Waals surface area contributed by atoms with E-state index in [-0.39, 0.29) is 11.9 Å². The van der Waals surface area contributed by atoms with Crippen LogP contribution >= 0.6 is 0 Å². The first kappa shape index (κ1) is 61.2. The molecule has 0 aromatic rings. The van der Waals surface area contributed by atoms with Crippen molar-refractivity contribution in [3.05, 3.63) is 0 Å². The first-order chi connectivity index (χ1) is 29.3. The summed E-state index contributed by atoms with van der Waals surface area (Å²) in [6.07, 6.45) is 44.8. The molecule has 7 nitrogen and oxygen atoms in total. The van der Waals surface area contributed by atoms with Crippen LogP contribution in [0.25, 0.3) is 0 Å². The number of methoxy groups -OCH3 is 2. The fourth-order valence-electron chi connectivity index (χ4n) is 8.38. The summed E-state index contributed by atoms with van der Waals surface area (Å²) in [5.41, 5.74) is 0. The van der Waals surface area contributed by atoms with Gasteiger partial charge in [-0.1, -0.05) is 202 Å². The van der Waals surface area contributed by atoms with Gasteiger partial charge in [-0.2, -0.15) is 0 Å². The summed E-state index contributed by atoms with van der Waals surface area (Å²) < 4.78 is 23.2. The van der Waals surface area contributed by atoms with Crippen LogP contribution in [-0.4, -0.2) is 83.5 Å². The molecule has 1 heterocycles. The Bertz CT molecular complexity index is 770. The normalized spacial score (nSPS) is 14.7. The molecule has 1 unspecified atom stereocenters. The predicted molar refractivity (Wildman–Crippen MR) is 259 cm³/mol. The minimum atomic E-state index is -0.323. The number of unbranched alkanes of at least 4 members (excludes halogenated alkanes) is 20. The summed E-state index contributed by atoms with van der Waals surface area (Å²) >= 11 is 0. The molecule has 1 saturated heterocycles. The molecule has 7 heteroatoms. The van der Waals surface area contributed by atoms with Crippen molar-refractivity contribution in [3.63, 3.8) is 0 Å². The number of likely N-dealkylation sites (N-methyl/N-ethyl adjacent to an activating group) is 1. The third kappa shape index (κ3) is 41.2. The van der Waals surface area contributed by atoms with Crippen molar-refractivity contribution in [2.45, 2.75) is 265 Å². The highest BCUT2D eigenvalue weighted by atomic mass is 16.7. The third-order valence-electron chi connectivity index (χ3n) is 12.5. The van der Waals surface area contributed by atoms with Crippen LogP contribution in [0.5, 0.6) is 0 Å². The number of nitrogens with zero attached hydrogens (tertiary/aromatic N) is 1. The van der Waals surface area contributed by atoms with Crippen molar-refractivity contribution >= 4 is 12.6 Å². The fourth-order valence-corrected chi connectivity index (χ4v) is 8.38. The number of carbonyl (C=O) groups is 2. The van der Waals surface area contributed by atoms with Gasteiger partial charge in [-0.15, -0.1) is 0 Å². The molecule has 360 valence electrons. The minimum Gasteiger partial charge on any atom is -0.385 e. The molecule has 1 atom stereocenters. The fraction of sp³-hybridized carbons (Fsp3) is 0.962. The van der Waals surface area contributed by atoms with Crippen LogP contribution in [0.1, 0.15) is 253 Å². The zero-order valence-electron chi connectivity index (χ0n) is 41.9. The van der Waals surface area contributed by atoms with E-state index in [0.717, 1.165) is 71.2 Å². The molecule has 1 aliphatic heterocycles. The lowest BCUT2D eigenvalue weighted by Gasteiger charge is -2.29. The summed E-state index contributed by atoms with van der Waals surface area (Å²) in [5, 5.41) is 0. The number of carbonyl (C=O) groups excluding carboxylic acids is 2. The van der Waals surface area contributed by atoms with E-state index in [2.05, 4.69) is 46.6 Å². The molecule has 0 amide bonds. The zero-order chi connectivity index (χ0) is 44.6. The van der Waals surface area contributed by atoms with Crippen molar-refractivity contribution < 1.29 is 28.5 Å². The van der Waals surface area contributed by atoms with Gasteiger partial charge in [-0.05, 0) is 51.1 Å². The number of aldehydes is 2. The monoisotopic (exact) mass is 854 g/mol. The van der Waals surface area contributed by atoms with Gasteiger partial charge in [0.2, 0.25) is 0 Å². The van der Waals surface area contributed by atoms with Gasteiger partial charge < -0.3 is 33.4 Å². The van der Waals surface area contributed by atoms with E-state index in [0.29, 0.717) is 11.8 Å². The molecule has 0 bridgehead atoms. The second-order valence-electron chi connectivity index (χ2n) is 18.3. The van der Waals surface area contributed by atoms with Crippen LogP contribution < -0.4 is 0 Å². The molecule has 0 saturated carbocycles. The van der Waals surface area contributed by atoms with Gasteiger partial charge >= 0.3 is 0 Å². The van der Waals surface area contributed by atoms with Crippen LogP contribution in [0.15, 0.2) is 0 Å². The number of hydrogen-bond acceptors (Lipinski definition) is 7. The smallest absolute Gasteiger partial charge is 0.168 e. The van der Waals surface area contributed by atoms with E-state index < -0.39 is 0 Å². The quantitative estimate of drug-likeness (QED) is 0.0447. The second-order valence-corrected chi connectivity index (χ2v) is 18.3. The van der Waals surface area contributed by atoms with Crippen molar-refractivity contribution in [1.29, 1.82) is 0 Å². The zero-order valence-corrected chi connectivity index (χ0v) is 41.9. The second kappa shape index (κ2) is 49.2. The Balaban J connectivity index is 0. The van der Waals surface area contributed by atoms with Gasteiger partial charge in [0, 0.05) is 59.7 Å². The molecule has 0 aromatic heterocycles. The Morgan fingerprint density at radius 1 is 0.533 bits per heavy atom. The summed E-state index contributed by atoms with van der Waals surface area (Å²) in [6.45, 7) is 15.7. The van der Waals surface area contributed by atoms with E-state index in [4.69, 9.17) is 18.9 Å². The summed E-state index contributed by atoms with van der Waals surface area (Å²) in [5.74, 6) is 1.02. The first-order valence-electron chi connectivity index (χ1n) is 26.2. The summed E-state index contributed by atoms with van der Waals surface area (Å²) in [4.78, 5) is 23.3. The Morgan fingerprint density at radius 3 is 1.20 bits per heavy atom. The highest BCUT2D eigenvalue weighted by molar-refractivity contribution is 5.49. The molecule has 1 fully saturated rings. The lowest BCUT2D eigenvalue weighted by molar-refractivity contribution is -0.180. The average Bonchev–Trinajstić information content (AvgIpc) is 3.65. The minimum absolute atomic E-state index is 0.224. The molecular weight excluding hydrogens is 747 g/mol. The standard InChI is InChI=1S/C27H55NO4.2C13H26O/c1-5-28(2)24-26-25-31-27(32-26,20-16-12-8-6-10-14-18-22-29-3)21-17-13-9-7-11-15-19-23-30-4;2*1-3-5-7-9-13(11-12-14)10-8-6-4-2/h26H,5-25H2,1-4H3;2*12-13H,3-11H2,1-2H3. The van der Waals surface area contributed by atoms with Gasteiger partial charge in [-0.3, -0.25) is 0 Å². The van der Waals surface area contributed by atoms with Crippen molar-refractivity contribution in [2.75, 3.05) is 54.2 Å². The topological polar surface area (TPSA) is 74.3 Å². The van der Waals surface area contributed by atoms with E-state index in [1.54, 1.807) is 14.2 Å². The molecule has 0 N–H and O–H groups in total. The largest absolute Gasteiger partial charge is 0.385 e. The number of ether oxygens (including phenoxy) is 4. The molecule has 1 aliphatic rings. The first-order valence-corrected chi connectivity index (χ1v) is 26.2. The van der Waals surface area contributed by atoms with Gasteiger partial charge in [0.1, 0.15) is 12.6 Å². The molecule has 60 heavy (non-hydrogen) atoms. The molecule has 0 aromatic carbocycles. The third-order valence-corrected chi connectivity index (χ3v) is 12.5. The molecule has 1 rings (SSSR count). The maximum absolute atomic E-state index is 10.5. The Morgan fingerprint density at radius 2 is 0.883 bits per heavy atom. The van der Waals surface area contributed by atoms with Crippen molar-refractivity contribution in [1.82, 2.24) is 4.90 Å². The van der Waals surface area contributed by atoms with Crippen LogP contribution in [0, 0.1) is 11.8 Å². The Kier molecular flexibility index (Phi) is 50.2. The molecule has 0 aliphatic carbocycles. The van der Waals surface area contributed by atoms with E-state index in [1.807, 2.05) is 0 Å². The highest BCUT2D eigenvalue weighted by Gasteiger charge is 2.40. The van der Waals surface area contributed by atoms with Crippen LogP contribution in [-0.2, 0) is 28.5 Å². The van der Waals surface area contributed by atoms with Crippen molar-refractivity contribution in [2.24, 2.45) is 11.8 Å². The predicted octanol–water partition coefficient (Wildman–Crippen LogP) is 15.3. The van der Waals surface area contributed by atoms with E-state index in [9.17, 15) is 9.59 Å². The average molecular weight is 854 g/mol. The number of hydrogen-bond donors (Lipinski definition) is 0. The molecule has 0 spiro atoms. The van der Waals surface area contributed by atoms with Gasteiger partial charge in [0.25, 0.3) is 0 Å². The lowest BCUT2D eigenvalue weighted by Crippen LogP contribution is -2.34. The van der Waals surface area contributed by atoms with Crippen molar-refractivity contribution in [3.8, 4) is 0 Å². The van der Waals surface area contributed by atoms with Crippen LogP contribution in [0.3, 0.4) is 0 Å². The van der Waals surface area contributed by atoms with Gasteiger partial charge in [0.05, 0.1) is 12.7 Å². The molecule has 0 radical (unpaired) electrons. The van der Waals surface area contributed by atoms with E-state index >= 15 is 0 Å². The van der Waals surface area contributed by atoms with Crippen LogP contribution in [0.4, 0.5) is 0 Å². The highest BCUT2D eigenvalue weighted by Crippen LogP contribution is 2.35. The Hall–Kier alpha value is -0.860. The van der Waals surface area contributed by atoms with E-state index in [1.165, 1.54) is 193 Å². The maximum atomic E-state index is 10.5. The SMILES string of the molecule is CCCCCC(CC=O)CCCCC.CCCCCC(CC=O)CCCCC.CCN(C)CC1COC(CCCCCCCCCOC)(CCCCCCCCCOC)O1. The summed E-state index contributed by atoms with van der Waals surface area (Å²) in [7, 11) is 5.75. The van der Waals surface area contributed by atoms with Crippen LogP contribution in [0.2, 0.25) is 0 Å². The lowest BCUT2D eigenvalue weighted by atomic mass is 9.93.